The number of amides is 2. The van der Waals surface area contributed by atoms with E-state index >= 15 is 0 Å². The van der Waals surface area contributed by atoms with Gasteiger partial charge in [0.05, 0.1) is 15.9 Å². The topological polar surface area (TPSA) is 132 Å². The normalized spacial score (nSPS) is 11.5. The number of aryl methyl sites for hydroxylation is 1. The minimum Gasteiger partial charge on any atom is -0.483 e. The number of benzene rings is 2. The Morgan fingerprint density at radius 1 is 1.26 bits per heavy atom. The molecule has 35 heavy (non-hydrogen) atoms. The van der Waals surface area contributed by atoms with Crippen molar-refractivity contribution in [1.29, 1.82) is 0 Å². The van der Waals surface area contributed by atoms with Crippen LogP contribution in [0.4, 0.5) is 5.69 Å². The monoisotopic (exact) mass is 498 g/mol. The number of nitrogens with one attached hydrogen (secondary N) is 1. The smallest absolute Gasteiger partial charge is 0.284 e. The molecule has 184 valence electrons. The fraction of sp³-hybridized carbons (Fsp3) is 0.304. The summed E-state index contributed by atoms with van der Waals surface area (Å²) in [5.41, 5.74) is 0.655. The Labute approximate surface area is 206 Å². The van der Waals surface area contributed by atoms with Crippen LogP contribution in [-0.2, 0) is 11.8 Å². The molecular weight excluding hydrogens is 472 g/mol. The van der Waals surface area contributed by atoms with Gasteiger partial charge in [0, 0.05) is 38.3 Å². The molecule has 0 aliphatic heterocycles. The maximum Gasteiger partial charge on any atom is 0.284 e. The molecule has 0 bridgehead atoms. The number of aromatic nitrogens is 3. The van der Waals surface area contributed by atoms with Gasteiger partial charge in [-0.3, -0.25) is 19.7 Å². The van der Waals surface area contributed by atoms with Gasteiger partial charge in [-0.25, -0.2) is 0 Å². The Bertz CT molecular complexity index is 1230. The van der Waals surface area contributed by atoms with Gasteiger partial charge in [-0.2, -0.15) is 0 Å². The highest BCUT2D eigenvalue weighted by Crippen LogP contribution is 2.34. The molecule has 0 spiro atoms. The second kappa shape index (κ2) is 11.5. The lowest BCUT2D eigenvalue weighted by molar-refractivity contribution is -0.387. The van der Waals surface area contributed by atoms with Gasteiger partial charge in [-0.15, -0.1) is 10.2 Å². The van der Waals surface area contributed by atoms with Crippen LogP contribution >= 0.6 is 11.8 Å². The average Bonchev–Trinajstić information content (AvgIpc) is 3.25. The van der Waals surface area contributed by atoms with Crippen molar-refractivity contribution in [2.45, 2.75) is 29.4 Å². The fourth-order valence-corrected chi connectivity index (χ4v) is 4.01. The predicted molar refractivity (Wildman–Crippen MR) is 129 cm³/mol. The first-order valence-electron chi connectivity index (χ1n) is 10.7. The number of carbonyl (C=O) groups excluding carboxylic acids is 2. The van der Waals surface area contributed by atoms with E-state index in [1.54, 1.807) is 37.8 Å². The van der Waals surface area contributed by atoms with Crippen LogP contribution in [0.15, 0.2) is 58.8 Å². The Morgan fingerprint density at radius 2 is 2.00 bits per heavy atom. The van der Waals surface area contributed by atoms with Crippen molar-refractivity contribution in [3.63, 3.8) is 0 Å². The van der Waals surface area contributed by atoms with E-state index in [1.165, 1.54) is 29.4 Å². The summed E-state index contributed by atoms with van der Waals surface area (Å²) in [6.45, 7) is 1.76. The summed E-state index contributed by atoms with van der Waals surface area (Å²) in [5.74, 6) is -0.172. The van der Waals surface area contributed by atoms with Crippen LogP contribution in [0, 0.1) is 10.1 Å². The van der Waals surface area contributed by atoms with Crippen molar-refractivity contribution in [2.24, 2.45) is 7.05 Å². The molecule has 1 N–H and O–H groups in total. The van der Waals surface area contributed by atoms with Crippen molar-refractivity contribution in [1.82, 2.24) is 25.0 Å². The number of hydrogen-bond acceptors (Lipinski definition) is 8. The number of rotatable bonds is 10. The van der Waals surface area contributed by atoms with Crippen molar-refractivity contribution < 1.29 is 19.2 Å². The largest absolute Gasteiger partial charge is 0.483 e. The predicted octanol–water partition coefficient (Wildman–Crippen LogP) is 3.22. The van der Waals surface area contributed by atoms with Crippen LogP contribution in [0.1, 0.15) is 35.3 Å². The molecule has 3 rings (SSSR count). The zero-order valence-corrected chi connectivity index (χ0v) is 20.6. The Kier molecular flexibility index (Phi) is 8.42. The van der Waals surface area contributed by atoms with Crippen LogP contribution < -0.4 is 10.1 Å². The first-order valence-corrected chi connectivity index (χ1v) is 11.6. The SMILES string of the molecule is CCC(NC(=O)c1ccc(Sc2nncn2C)c([N+](=O)[O-])c1)c1ccccc1OCC(=O)N(C)C. The minimum atomic E-state index is -0.530. The molecule has 0 saturated heterocycles. The van der Waals surface area contributed by atoms with E-state index in [2.05, 4.69) is 15.5 Å². The summed E-state index contributed by atoms with van der Waals surface area (Å²) < 4.78 is 7.35. The number of ether oxygens (including phenoxy) is 1. The highest BCUT2D eigenvalue weighted by atomic mass is 32.2. The molecule has 2 amide bonds. The zero-order valence-electron chi connectivity index (χ0n) is 19.8. The van der Waals surface area contributed by atoms with Gasteiger partial charge in [0.25, 0.3) is 17.5 Å². The maximum absolute atomic E-state index is 13.0. The summed E-state index contributed by atoms with van der Waals surface area (Å²) >= 11 is 1.09. The van der Waals surface area contributed by atoms with Crippen molar-refractivity contribution in [3.05, 3.63) is 70.0 Å². The maximum atomic E-state index is 13.0. The van der Waals surface area contributed by atoms with Gasteiger partial charge >= 0.3 is 0 Å². The molecule has 0 saturated carbocycles. The lowest BCUT2D eigenvalue weighted by Gasteiger charge is -2.21. The van der Waals surface area contributed by atoms with E-state index in [4.69, 9.17) is 4.74 Å². The third-order valence-corrected chi connectivity index (χ3v) is 6.26. The standard InChI is InChI=1S/C23H26N6O5S/c1-5-17(16-8-6-7-9-19(16)34-13-21(30)27(2)3)25-22(31)15-10-11-20(18(12-15)29(32)33)35-23-26-24-14-28(23)4/h6-12,14,17H,5,13H2,1-4H3,(H,25,31). The Morgan fingerprint density at radius 3 is 2.63 bits per heavy atom. The number of nitro benzene ring substituents is 1. The second-order valence-electron chi connectivity index (χ2n) is 7.82. The fourth-order valence-electron chi connectivity index (χ4n) is 3.16. The highest BCUT2D eigenvalue weighted by molar-refractivity contribution is 7.99. The number of likely N-dealkylation sites (N-methyl/N-ethyl adjacent to an activating group) is 1. The third-order valence-electron chi connectivity index (χ3n) is 5.15. The van der Waals surface area contributed by atoms with Crippen molar-refractivity contribution in [2.75, 3.05) is 20.7 Å². The summed E-state index contributed by atoms with van der Waals surface area (Å²) in [7, 11) is 5.02. The van der Waals surface area contributed by atoms with Gasteiger partial charge in [-0.05, 0) is 36.4 Å². The lowest BCUT2D eigenvalue weighted by atomic mass is 10.0. The summed E-state index contributed by atoms with van der Waals surface area (Å²) in [4.78, 5) is 37.9. The second-order valence-corrected chi connectivity index (χ2v) is 8.82. The number of nitro groups is 1. The van der Waals surface area contributed by atoms with Gasteiger partial charge < -0.3 is 19.5 Å². The molecule has 0 aliphatic rings. The van der Waals surface area contributed by atoms with Gasteiger partial charge in [-0.1, -0.05) is 25.1 Å². The van der Waals surface area contributed by atoms with Crippen molar-refractivity contribution in [3.8, 4) is 5.75 Å². The van der Waals surface area contributed by atoms with E-state index in [0.717, 1.165) is 11.8 Å². The molecule has 2 aromatic carbocycles. The van der Waals surface area contributed by atoms with E-state index in [9.17, 15) is 19.7 Å². The quantitative estimate of drug-likeness (QED) is 0.333. The van der Waals surface area contributed by atoms with E-state index in [0.29, 0.717) is 27.8 Å². The molecule has 1 atom stereocenters. The van der Waals surface area contributed by atoms with Crippen LogP contribution in [0.25, 0.3) is 0 Å². The molecule has 0 aliphatic carbocycles. The molecule has 3 aromatic rings. The molecule has 1 aromatic heterocycles. The van der Waals surface area contributed by atoms with Gasteiger partial charge in [0.2, 0.25) is 0 Å². The molecule has 0 radical (unpaired) electrons. The number of para-hydroxylation sites is 1. The van der Waals surface area contributed by atoms with Gasteiger partial charge in [0.1, 0.15) is 12.1 Å². The van der Waals surface area contributed by atoms with Crippen molar-refractivity contribution >= 4 is 29.3 Å². The van der Waals surface area contributed by atoms with Gasteiger partial charge in [0.15, 0.2) is 11.8 Å². The van der Waals surface area contributed by atoms with Crippen LogP contribution in [0.5, 0.6) is 5.75 Å². The molecular formula is C23H26N6O5S. The lowest BCUT2D eigenvalue weighted by Crippen LogP contribution is -2.30. The Balaban J connectivity index is 1.81. The van der Waals surface area contributed by atoms with Crippen LogP contribution in [-0.4, -0.2) is 57.1 Å². The number of carbonyl (C=O) groups is 2. The first kappa shape index (κ1) is 25.7. The number of hydrogen-bond donors (Lipinski definition) is 1. The minimum absolute atomic E-state index is 0.134. The highest BCUT2D eigenvalue weighted by Gasteiger charge is 2.23. The zero-order chi connectivity index (χ0) is 25.5. The average molecular weight is 499 g/mol. The third kappa shape index (κ3) is 6.35. The van der Waals surface area contributed by atoms with E-state index < -0.39 is 16.9 Å². The molecule has 11 nitrogen and oxygen atoms in total. The van der Waals surface area contributed by atoms with E-state index in [-0.39, 0.29) is 23.8 Å². The summed E-state index contributed by atoms with van der Waals surface area (Å²) in [6, 6.07) is 11.0. The Hall–Kier alpha value is -3.93. The molecule has 12 heteroatoms. The molecule has 1 heterocycles. The van der Waals surface area contributed by atoms with Crippen LogP contribution in [0.3, 0.4) is 0 Å². The molecule has 1 unspecified atom stereocenters. The van der Waals surface area contributed by atoms with Crippen LogP contribution in [0.2, 0.25) is 0 Å². The molecule has 0 fully saturated rings. The summed E-state index contributed by atoms with van der Waals surface area (Å²) in [5, 5.41) is 22.8. The van der Waals surface area contributed by atoms with E-state index in [1.807, 2.05) is 19.1 Å². The summed E-state index contributed by atoms with van der Waals surface area (Å²) in [6.07, 6.45) is 2.04. The first-order chi connectivity index (χ1) is 16.7. The number of nitrogens with zero attached hydrogens (tertiary/aromatic N) is 5.